The Morgan fingerprint density at radius 2 is 1.64 bits per heavy atom. The summed E-state index contributed by atoms with van der Waals surface area (Å²) in [6.07, 6.45) is 0. The quantitative estimate of drug-likeness (QED) is 0.859. The highest BCUT2D eigenvalue weighted by molar-refractivity contribution is 5.96. The van der Waals surface area contributed by atoms with Crippen LogP contribution in [0.25, 0.3) is 0 Å². The molecule has 6 heteroatoms. The van der Waals surface area contributed by atoms with E-state index in [9.17, 15) is 9.59 Å². The highest BCUT2D eigenvalue weighted by Crippen LogP contribution is 2.19. The summed E-state index contributed by atoms with van der Waals surface area (Å²) in [5.41, 5.74) is 7.55. The number of carbonyl (C=O) groups excluding carboxylic acids is 2. The molecule has 5 nitrogen and oxygen atoms in total. The molecule has 0 aliphatic heterocycles. The van der Waals surface area contributed by atoms with Gasteiger partial charge in [-0.05, 0) is 31.5 Å². The predicted molar refractivity (Wildman–Crippen MR) is 103 cm³/mol. The second kappa shape index (κ2) is 8.65. The van der Waals surface area contributed by atoms with Gasteiger partial charge in [0.05, 0.1) is 6.54 Å². The highest BCUT2D eigenvalue weighted by Gasteiger charge is 2.33. The Balaban J connectivity index is 0.00000312. The van der Waals surface area contributed by atoms with E-state index < -0.39 is 5.54 Å². The number of nitrogens with one attached hydrogen (secondary N) is 1. The third-order valence-corrected chi connectivity index (χ3v) is 3.88. The fourth-order valence-electron chi connectivity index (χ4n) is 2.43. The number of carbonyl (C=O) groups is 2. The Labute approximate surface area is 154 Å². The summed E-state index contributed by atoms with van der Waals surface area (Å²) in [5.74, 6) is -0.577. The van der Waals surface area contributed by atoms with E-state index in [-0.39, 0.29) is 30.8 Å². The summed E-state index contributed by atoms with van der Waals surface area (Å²) >= 11 is 0. The first-order chi connectivity index (χ1) is 11.3. The number of nitrogens with zero attached hydrogens (tertiary/aromatic N) is 1. The lowest BCUT2D eigenvalue weighted by Gasteiger charge is -2.29. The van der Waals surface area contributed by atoms with E-state index >= 15 is 0 Å². The van der Waals surface area contributed by atoms with Gasteiger partial charge in [0.1, 0.15) is 5.54 Å². The SMILES string of the molecule is Cc1ccc(NC(=O)CN(C)C(=O)C(C)(N)c2ccccc2)cc1.Cl. The Bertz CT molecular complexity index is 715. The Morgan fingerprint density at radius 3 is 2.20 bits per heavy atom. The van der Waals surface area contributed by atoms with E-state index in [0.29, 0.717) is 11.3 Å². The van der Waals surface area contributed by atoms with Crippen molar-refractivity contribution >= 4 is 29.9 Å². The van der Waals surface area contributed by atoms with Crippen LogP contribution >= 0.6 is 12.4 Å². The van der Waals surface area contributed by atoms with Crippen LogP contribution in [-0.4, -0.2) is 30.3 Å². The predicted octanol–water partition coefficient (Wildman–Crippen LogP) is 2.69. The fraction of sp³-hybridized carbons (Fsp3) is 0.263. The number of likely N-dealkylation sites (N-methyl/N-ethyl adjacent to an activating group) is 1. The first-order valence-corrected chi connectivity index (χ1v) is 7.77. The van der Waals surface area contributed by atoms with Gasteiger partial charge in [0, 0.05) is 12.7 Å². The molecule has 0 aromatic heterocycles. The van der Waals surface area contributed by atoms with Crippen molar-refractivity contribution in [3.8, 4) is 0 Å². The van der Waals surface area contributed by atoms with Crippen molar-refractivity contribution in [1.82, 2.24) is 4.90 Å². The molecule has 2 rings (SSSR count). The van der Waals surface area contributed by atoms with Crippen LogP contribution in [0.2, 0.25) is 0 Å². The number of amides is 2. The summed E-state index contributed by atoms with van der Waals surface area (Å²) in [7, 11) is 1.57. The van der Waals surface area contributed by atoms with Crippen molar-refractivity contribution in [2.45, 2.75) is 19.4 Å². The van der Waals surface area contributed by atoms with Crippen molar-refractivity contribution < 1.29 is 9.59 Å². The zero-order chi connectivity index (χ0) is 17.7. The lowest BCUT2D eigenvalue weighted by Crippen LogP contribution is -2.51. The zero-order valence-electron chi connectivity index (χ0n) is 14.7. The van der Waals surface area contributed by atoms with Crippen molar-refractivity contribution in [1.29, 1.82) is 0 Å². The van der Waals surface area contributed by atoms with Crippen molar-refractivity contribution in [2.75, 3.05) is 18.9 Å². The van der Waals surface area contributed by atoms with Gasteiger partial charge in [-0.15, -0.1) is 12.4 Å². The van der Waals surface area contributed by atoms with Crippen molar-refractivity contribution in [3.05, 3.63) is 65.7 Å². The first kappa shape index (κ1) is 20.7. The minimum absolute atomic E-state index is 0. The summed E-state index contributed by atoms with van der Waals surface area (Å²) in [4.78, 5) is 26.1. The second-order valence-electron chi connectivity index (χ2n) is 6.14. The number of hydrogen-bond donors (Lipinski definition) is 2. The fourth-order valence-corrected chi connectivity index (χ4v) is 2.43. The maximum absolute atomic E-state index is 12.6. The maximum Gasteiger partial charge on any atom is 0.247 e. The number of benzene rings is 2. The summed E-state index contributed by atoms with van der Waals surface area (Å²) in [6.45, 7) is 3.56. The number of anilines is 1. The van der Waals surface area contributed by atoms with Crippen LogP contribution in [0.4, 0.5) is 5.69 Å². The van der Waals surface area contributed by atoms with Gasteiger partial charge in [-0.2, -0.15) is 0 Å². The van der Waals surface area contributed by atoms with Crippen LogP contribution in [0.3, 0.4) is 0 Å². The van der Waals surface area contributed by atoms with E-state index in [0.717, 1.165) is 5.56 Å². The monoisotopic (exact) mass is 361 g/mol. The van der Waals surface area contributed by atoms with Gasteiger partial charge in [-0.25, -0.2) is 0 Å². The van der Waals surface area contributed by atoms with Gasteiger partial charge in [-0.1, -0.05) is 48.0 Å². The normalized spacial score (nSPS) is 12.5. The van der Waals surface area contributed by atoms with Gasteiger partial charge in [0.15, 0.2) is 0 Å². The van der Waals surface area contributed by atoms with Gasteiger partial charge in [-0.3, -0.25) is 9.59 Å². The molecule has 1 unspecified atom stereocenters. The molecule has 2 aromatic carbocycles. The lowest BCUT2D eigenvalue weighted by molar-refractivity contribution is -0.138. The third kappa shape index (κ3) is 5.31. The minimum atomic E-state index is -1.18. The summed E-state index contributed by atoms with van der Waals surface area (Å²) < 4.78 is 0. The molecule has 0 heterocycles. The molecule has 0 aliphatic carbocycles. The molecule has 2 aromatic rings. The summed E-state index contributed by atoms with van der Waals surface area (Å²) in [5, 5.41) is 2.77. The topological polar surface area (TPSA) is 75.4 Å². The van der Waals surface area contributed by atoms with Gasteiger partial charge in [0.25, 0.3) is 0 Å². The molecule has 0 radical (unpaired) electrons. The Hall–Kier alpha value is -2.37. The molecule has 1 atom stereocenters. The van der Waals surface area contributed by atoms with Crippen molar-refractivity contribution in [3.63, 3.8) is 0 Å². The molecule has 3 N–H and O–H groups in total. The Kier molecular flexibility index (Phi) is 7.15. The number of rotatable bonds is 5. The molecular formula is C19H24ClN3O2. The van der Waals surface area contributed by atoms with Crippen LogP contribution in [0.5, 0.6) is 0 Å². The van der Waals surface area contributed by atoms with Gasteiger partial charge < -0.3 is 16.0 Å². The van der Waals surface area contributed by atoms with Crippen molar-refractivity contribution in [2.24, 2.45) is 5.73 Å². The maximum atomic E-state index is 12.6. The molecule has 134 valence electrons. The van der Waals surface area contributed by atoms with Gasteiger partial charge >= 0.3 is 0 Å². The van der Waals surface area contributed by atoms with Crippen LogP contribution in [-0.2, 0) is 15.1 Å². The van der Waals surface area contributed by atoms with E-state index in [2.05, 4.69) is 5.32 Å². The van der Waals surface area contributed by atoms with E-state index in [4.69, 9.17) is 5.73 Å². The standard InChI is InChI=1S/C19H23N3O2.ClH/c1-14-9-11-16(12-10-14)21-17(23)13-22(3)18(24)19(2,20)15-7-5-4-6-8-15;/h4-12H,13,20H2,1-3H3,(H,21,23);1H. The Morgan fingerprint density at radius 1 is 1.08 bits per heavy atom. The number of nitrogens with two attached hydrogens (primary N) is 1. The average Bonchev–Trinajstić information content (AvgIpc) is 2.57. The number of hydrogen-bond acceptors (Lipinski definition) is 3. The molecule has 0 fully saturated rings. The number of aryl methyl sites for hydroxylation is 1. The molecule has 0 saturated carbocycles. The van der Waals surface area contributed by atoms with E-state index in [1.54, 1.807) is 26.1 Å². The molecule has 0 aliphatic rings. The first-order valence-electron chi connectivity index (χ1n) is 7.77. The number of halogens is 1. The summed E-state index contributed by atoms with van der Waals surface area (Å²) in [6, 6.07) is 16.6. The smallest absolute Gasteiger partial charge is 0.247 e. The van der Waals surface area contributed by atoms with Crippen LogP contribution in [0.1, 0.15) is 18.1 Å². The molecule has 0 saturated heterocycles. The van der Waals surface area contributed by atoms with E-state index in [1.807, 2.05) is 49.4 Å². The molecule has 0 spiro atoms. The van der Waals surface area contributed by atoms with Crippen LogP contribution in [0.15, 0.2) is 54.6 Å². The molecule has 25 heavy (non-hydrogen) atoms. The average molecular weight is 362 g/mol. The largest absolute Gasteiger partial charge is 0.335 e. The second-order valence-corrected chi connectivity index (χ2v) is 6.14. The highest BCUT2D eigenvalue weighted by atomic mass is 35.5. The minimum Gasteiger partial charge on any atom is -0.335 e. The zero-order valence-corrected chi connectivity index (χ0v) is 15.5. The molecule has 0 bridgehead atoms. The molecule has 2 amide bonds. The van der Waals surface area contributed by atoms with E-state index in [1.165, 1.54) is 4.90 Å². The lowest BCUT2D eigenvalue weighted by atomic mass is 9.92. The van der Waals surface area contributed by atoms with Crippen LogP contribution < -0.4 is 11.1 Å². The van der Waals surface area contributed by atoms with Crippen LogP contribution in [0, 0.1) is 6.92 Å². The third-order valence-electron chi connectivity index (χ3n) is 3.88. The molecular weight excluding hydrogens is 338 g/mol. The van der Waals surface area contributed by atoms with Gasteiger partial charge in [0.2, 0.25) is 11.8 Å².